The molecule has 0 aromatic heterocycles. The van der Waals surface area contributed by atoms with E-state index in [0.29, 0.717) is 36.0 Å². The number of esters is 1. The van der Waals surface area contributed by atoms with E-state index in [1.54, 1.807) is 18.2 Å². The Labute approximate surface area is 164 Å². The average Bonchev–Trinajstić information content (AvgIpc) is 2.69. The van der Waals surface area contributed by atoms with Gasteiger partial charge in [0.25, 0.3) is 0 Å². The van der Waals surface area contributed by atoms with Crippen molar-refractivity contribution in [1.29, 1.82) is 0 Å². The van der Waals surface area contributed by atoms with Crippen molar-refractivity contribution in [2.45, 2.75) is 26.2 Å². The van der Waals surface area contributed by atoms with Crippen LogP contribution < -0.4 is 14.2 Å². The molecule has 148 valence electrons. The van der Waals surface area contributed by atoms with E-state index in [2.05, 4.69) is 20.8 Å². The van der Waals surface area contributed by atoms with Crippen molar-refractivity contribution in [1.82, 2.24) is 0 Å². The van der Waals surface area contributed by atoms with Gasteiger partial charge in [-0.3, -0.25) is 4.79 Å². The molecule has 28 heavy (non-hydrogen) atoms. The number of fused-ring (bicyclic) bond motifs is 1. The van der Waals surface area contributed by atoms with E-state index in [4.69, 9.17) is 18.9 Å². The highest BCUT2D eigenvalue weighted by molar-refractivity contribution is 5.98. The van der Waals surface area contributed by atoms with Crippen LogP contribution >= 0.6 is 0 Å². The van der Waals surface area contributed by atoms with Gasteiger partial charge in [-0.25, -0.2) is 4.79 Å². The lowest BCUT2D eigenvalue weighted by Gasteiger charge is -2.22. The van der Waals surface area contributed by atoms with Gasteiger partial charge in [-0.2, -0.15) is 0 Å². The predicted octanol–water partition coefficient (Wildman–Crippen LogP) is 3.56. The van der Waals surface area contributed by atoms with Crippen LogP contribution in [-0.4, -0.2) is 38.2 Å². The third kappa shape index (κ3) is 4.82. The Bertz CT molecular complexity index is 866. The highest BCUT2D eigenvalue weighted by atomic mass is 16.6. The zero-order valence-electron chi connectivity index (χ0n) is 16.3. The van der Waals surface area contributed by atoms with Gasteiger partial charge in [0.1, 0.15) is 19.0 Å². The number of para-hydroxylation sites is 1. The Hall–Kier alpha value is -3.02. The first kappa shape index (κ1) is 19.7. The molecular weight excluding hydrogens is 360 g/mol. The SMILES string of the molecule is CC(C)(C)c1ccccc1OCC(=O)OCC(=O)c1ccc2c(c1)OCCO2. The molecule has 0 spiro atoms. The van der Waals surface area contributed by atoms with Crippen LogP contribution in [0.25, 0.3) is 0 Å². The monoisotopic (exact) mass is 384 g/mol. The molecule has 0 unspecified atom stereocenters. The summed E-state index contributed by atoms with van der Waals surface area (Å²) < 4.78 is 21.6. The fraction of sp³-hybridized carbons (Fsp3) is 0.364. The fourth-order valence-corrected chi connectivity index (χ4v) is 2.84. The normalized spacial score (nSPS) is 13.0. The number of carbonyl (C=O) groups excluding carboxylic acids is 2. The van der Waals surface area contributed by atoms with E-state index >= 15 is 0 Å². The quantitative estimate of drug-likeness (QED) is 0.560. The Morgan fingerprint density at radius 3 is 2.43 bits per heavy atom. The summed E-state index contributed by atoms with van der Waals surface area (Å²) in [5, 5.41) is 0. The zero-order valence-corrected chi connectivity index (χ0v) is 16.3. The number of hydrogen-bond acceptors (Lipinski definition) is 6. The van der Waals surface area contributed by atoms with E-state index < -0.39 is 5.97 Å². The van der Waals surface area contributed by atoms with Gasteiger partial charge in [0.05, 0.1) is 0 Å². The van der Waals surface area contributed by atoms with Gasteiger partial charge < -0.3 is 18.9 Å². The lowest BCUT2D eigenvalue weighted by molar-refractivity contribution is -0.144. The van der Waals surface area contributed by atoms with Crippen LogP contribution in [0.1, 0.15) is 36.7 Å². The molecular formula is C22H24O6. The van der Waals surface area contributed by atoms with Gasteiger partial charge in [0, 0.05) is 5.56 Å². The Morgan fingerprint density at radius 2 is 1.68 bits per heavy atom. The van der Waals surface area contributed by atoms with Gasteiger partial charge in [-0.15, -0.1) is 0 Å². The van der Waals surface area contributed by atoms with E-state index in [1.165, 1.54) is 0 Å². The molecule has 2 aromatic rings. The van der Waals surface area contributed by atoms with Crippen molar-refractivity contribution in [2.24, 2.45) is 0 Å². The van der Waals surface area contributed by atoms with Crippen LogP contribution in [0.15, 0.2) is 42.5 Å². The average molecular weight is 384 g/mol. The molecule has 0 atom stereocenters. The topological polar surface area (TPSA) is 71.1 Å². The van der Waals surface area contributed by atoms with Crippen molar-refractivity contribution in [2.75, 3.05) is 26.4 Å². The number of carbonyl (C=O) groups is 2. The Kier molecular flexibility index (Phi) is 5.87. The molecule has 6 nitrogen and oxygen atoms in total. The molecule has 1 aliphatic rings. The van der Waals surface area contributed by atoms with Crippen LogP contribution in [-0.2, 0) is 14.9 Å². The maximum Gasteiger partial charge on any atom is 0.344 e. The number of ketones is 1. The summed E-state index contributed by atoms with van der Waals surface area (Å²) >= 11 is 0. The summed E-state index contributed by atoms with van der Waals surface area (Å²) in [6.45, 7) is 6.51. The van der Waals surface area contributed by atoms with Crippen molar-refractivity contribution >= 4 is 11.8 Å². The second-order valence-corrected chi connectivity index (χ2v) is 7.48. The molecule has 0 fully saturated rings. The molecule has 0 radical (unpaired) electrons. The predicted molar refractivity (Wildman–Crippen MR) is 103 cm³/mol. The molecule has 6 heteroatoms. The highest BCUT2D eigenvalue weighted by Crippen LogP contribution is 2.31. The lowest BCUT2D eigenvalue weighted by Crippen LogP contribution is -2.21. The summed E-state index contributed by atoms with van der Waals surface area (Å²) in [4.78, 5) is 24.3. The zero-order chi connectivity index (χ0) is 20.1. The molecule has 0 amide bonds. The van der Waals surface area contributed by atoms with E-state index in [-0.39, 0.29) is 24.4 Å². The van der Waals surface area contributed by atoms with Gasteiger partial charge in [0.15, 0.2) is 30.5 Å². The van der Waals surface area contributed by atoms with Crippen LogP contribution in [0, 0.1) is 0 Å². The number of Topliss-reactive ketones (excluding diaryl/α,β-unsaturated/α-hetero) is 1. The van der Waals surface area contributed by atoms with Gasteiger partial charge in [0.2, 0.25) is 0 Å². The first-order valence-electron chi connectivity index (χ1n) is 9.15. The molecule has 3 rings (SSSR count). The standard InChI is InChI=1S/C22H24O6/c1-22(2,3)16-6-4-5-7-18(16)27-14-21(24)28-13-17(23)15-8-9-19-20(12-15)26-11-10-25-19/h4-9,12H,10-11,13-14H2,1-3H3. The number of benzene rings is 2. The third-order valence-corrected chi connectivity index (χ3v) is 4.27. The molecule has 1 aliphatic heterocycles. The smallest absolute Gasteiger partial charge is 0.344 e. The largest absolute Gasteiger partial charge is 0.486 e. The summed E-state index contributed by atoms with van der Waals surface area (Å²) in [6.07, 6.45) is 0. The van der Waals surface area contributed by atoms with E-state index in [9.17, 15) is 9.59 Å². The van der Waals surface area contributed by atoms with Crippen LogP contribution in [0.5, 0.6) is 17.2 Å². The first-order chi connectivity index (χ1) is 13.3. The minimum absolute atomic E-state index is 0.116. The maximum atomic E-state index is 12.3. The summed E-state index contributed by atoms with van der Waals surface area (Å²) in [5.74, 6) is 0.830. The van der Waals surface area contributed by atoms with Gasteiger partial charge in [-0.1, -0.05) is 39.0 Å². The number of ether oxygens (including phenoxy) is 4. The highest BCUT2D eigenvalue weighted by Gasteiger charge is 2.20. The molecule has 1 heterocycles. The summed E-state index contributed by atoms with van der Waals surface area (Å²) in [7, 11) is 0. The second-order valence-electron chi connectivity index (χ2n) is 7.48. The number of hydrogen-bond donors (Lipinski definition) is 0. The Balaban J connectivity index is 1.53. The van der Waals surface area contributed by atoms with Crippen molar-refractivity contribution in [3.63, 3.8) is 0 Å². The third-order valence-electron chi connectivity index (χ3n) is 4.27. The molecule has 0 N–H and O–H groups in total. The van der Waals surface area contributed by atoms with Crippen LogP contribution in [0.3, 0.4) is 0 Å². The molecule has 0 aliphatic carbocycles. The second kappa shape index (κ2) is 8.33. The molecule has 2 aromatic carbocycles. The minimum atomic E-state index is -0.602. The van der Waals surface area contributed by atoms with Crippen LogP contribution in [0.4, 0.5) is 0 Å². The maximum absolute atomic E-state index is 12.3. The Morgan fingerprint density at radius 1 is 0.964 bits per heavy atom. The van der Waals surface area contributed by atoms with E-state index in [0.717, 1.165) is 5.56 Å². The lowest BCUT2D eigenvalue weighted by atomic mass is 9.86. The van der Waals surface area contributed by atoms with Crippen molar-refractivity contribution < 1.29 is 28.5 Å². The van der Waals surface area contributed by atoms with Crippen molar-refractivity contribution in [3.8, 4) is 17.2 Å². The first-order valence-corrected chi connectivity index (χ1v) is 9.15. The van der Waals surface area contributed by atoms with Crippen molar-refractivity contribution in [3.05, 3.63) is 53.6 Å². The fourth-order valence-electron chi connectivity index (χ4n) is 2.84. The minimum Gasteiger partial charge on any atom is -0.486 e. The summed E-state index contributed by atoms with van der Waals surface area (Å²) in [6, 6.07) is 12.5. The van der Waals surface area contributed by atoms with Gasteiger partial charge in [-0.05, 0) is 35.2 Å². The van der Waals surface area contributed by atoms with Gasteiger partial charge >= 0.3 is 5.97 Å². The van der Waals surface area contributed by atoms with Crippen LogP contribution in [0.2, 0.25) is 0 Å². The molecule has 0 bridgehead atoms. The summed E-state index contributed by atoms with van der Waals surface area (Å²) in [5.41, 5.74) is 1.28. The van der Waals surface area contributed by atoms with E-state index in [1.807, 2.05) is 24.3 Å². The number of rotatable bonds is 6. The molecule has 0 saturated carbocycles. The molecule has 0 saturated heterocycles.